The highest BCUT2D eigenvalue weighted by Gasteiger charge is 2.09. The summed E-state index contributed by atoms with van der Waals surface area (Å²) in [6.07, 6.45) is -0.292. The van der Waals surface area contributed by atoms with Gasteiger partial charge < -0.3 is 10.4 Å². The Labute approximate surface area is 116 Å². The summed E-state index contributed by atoms with van der Waals surface area (Å²) in [5, 5.41) is 20.2. The zero-order valence-corrected chi connectivity index (χ0v) is 12.2. The first-order chi connectivity index (χ1) is 8.66. The van der Waals surface area contributed by atoms with Crippen LogP contribution in [0.1, 0.15) is 19.5 Å². The van der Waals surface area contributed by atoms with E-state index < -0.39 is 0 Å². The molecule has 2 heterocycles. The summed E-state index contributed by atoms with van der Waals surface area (Å²) in [6, 6.07) is 2.09. The lowest BCUT2D eigenvalue weighted by molar-refractivity contribution is 0.123. The van der Waals surface area contributed by atoms with E-state index in [1.807, 2.05) is 13.8 Å². The molecule has 98 valence electrons. The van der Waals surface area contributed by atoms with Gasteiger partial charge in [-0.3, -0.25) is 0 Å². The minimum absolute atomic E-state index is 0.286. The molecule has 0 fully saturated rings. The molecule has 2 rings (SSSR count). The van der Waals surface area contributed by atoms with Crippen molar-refractivity contribution in [3.63, 3.8) is 0 Å². The largest absolute Gasteiger partial charge is 0.392 e. The second-order valence-electron chi connectivity index (χ2n) is 4.60. The summed E-state index contributed by atoms with van der Waals surface area (Å²) >= 11 is 3.35. The molecule has 1 atom stereocenters. The number of hydrogen-bond donors (Lipinski definition) is 2. The summed E-state index contributed by atoms with van der Waals surface area (Å²) in [7, 11) is 0. The van der Waals surface area contributed by atoms with E-state index in [-0.39, 0.29) is 12.0 Å². The normalized spacial score (nSPS) is 13.1. The number of nitrogens with zero attached hydrogens (tertiary/aromatic N) is 1. The van der Waals surface area contributed by atoms with Gasteiger partial charge in [0.15, 0.2) is 0 Å². The number of aliphatic hydroxyl groups excluding tert-OH is 1. The number of rotatable bonds is 6. The molecule has 3 nitrogen and oxygen atoms in total. The van der Waals surface area contributed by atoms with Crippen molar-refractivity contribution in [2.75, 3.05) is 6.54 Å². The monoisotopic (exact) mass is 282 g/mol. The highest BCUT2D eigenvalue weighted by Crippen LogP contribution is 2.25. The molecule has 0 amide bonds. The number of thiophene rings is 1. The van der Waals surface area contributed by atoms with E-state index in [9.17, 15) is 5.11 Å². The minimum atomic E-state index is -0.292. The summed E-state index contributed by atoms with van der Waals surface area (Å²) in [5.41, 5.74) is 2.23. The van der Waals surface area contributed by atoms with Crippen molar-refractivity contribution in [2.45, 2.75) is 26.5 Å². The zero-order chi connectivity index (χ0) is 13.0. The minimum Gasteiger partial charge on any atom is -0.392 e. The number of aliphatic hydroxyl groups is 1. The van der Waals surface area contributed by atoms with E-state index >= 15 is 0 Å². The average molecular weight is 282 g/mol. The Morgan fingerprint density at radius 3 is 2.89 bits per heavy atom. The van der Waals surface area contributed by atoms with Crippen molar-refractivity contribution >= 4 is 22.7 Å². The van der Waals surface area contributed by atoms with E-state index in [0.717, 1.165) is 10.7 Å². The molecule has 0 aromatic carbocycles. The molecule has 0 spiro atoms. The van der Waals surface area contributed by atoms with E-state index in [2.05, 4.69) is 32.5 Å². The summed E-state index contributed by atoms with van der Waals surface area (Å²) in [6.45, 7) is 5.36. The third kappa shape index (κ3) is 3.62. The van der Waals surface area contributed by atoms with Gasteiger partial charge in [0.2, 0.25) is 0 Å². The van der Waals surface area contributed by atoms with Crippen LogP contribution in [0.15, 0.2) is 22.2 Å². The molecule has 2 N–H and O–H groups in total. The van der Waals surface area contributed by atoms with Gasteiger partial charge in [-0.25, -0.2) is 4.98 Å². The molecule has 0 aliphatic rings. The topological polar surface area (TPSA) is 45.1 Å². The predicted molar refractivity (Wildman–Crippen MR) is 78.0 cm³/mol. The van der Waals surface area contributed by atoms with Crippen LogP contribution in [-0.2, 0) is 6.54 Å². The number of aromatic nitrogens is 1. The van der Waals surface area contributed by atoms with E-state index in [4.69, 9.17) is 0 Å². The average Bonchev–Trinajstić information content (AvgIpc) is 2.98. The van der Waals surface area contributed by atoms with Gasteiger partial charge in [0.25, 0.3) is 0 Å². The Kier molecular flexibility index (Phi) is 4.88. The fourth-order valence-corrected chi connectivity index (χ4v) is 3.02. The zero-order valence-electron chi connectivity index (χ0n) is 10.6. The molecule has 18 heavy (non-hydrogen) atoms. The molecule has 0 radical (unpaired) electrons. The third-order valence-corrected chi connectivity index (χ3v) is 4.37. The lowest BCUT2D eigenvalue weighted by Gasteiger charge is -2.14. The van der Waals surface area contributed by atoms with Gasteiger partial charge in [0.1, 0.15) is 5.01 Å². The van der Waals surface area contributed by atoms with Crippen LogP contribution in [0.2, 0.25) is 0 Å². The van der Waals surface area contributed by atoms with Gasteiger partial charge >= 0.3 is 0 Å². The first-order valence-electron chi connectivity index (χ1n) is 6.02. The van der Waals surface area contributed by atoms with Crippen molar-refractivity contribution in [2.24, 2.45) is 5.92 Å². The molecule has 0 bridgehead atoms. The Bertz CT molecular complexity index is 465. The smallest absolute Gasteiger partial charge is 0.124 e. The van der Waals surface area contributed by atoms with Gasteiger partial charge in [0, 0.05) is 29.4 Å². The Balaban J connectivity index is 1.84. The number of hydrogen-bond acceptors (Lipinski definition) is 5. The molecule has 2 aromatic rings. The molecular formula is C13H18N2OS2. The summed E-state index contributed by atoms with van der Waals surface area (Å²) < 4.78 is 0. The molecule has 5 heteroatoms. The maximum Gasteiger partial charge on any atom is 0.124 e. The second kappa shape index (κ2) is 6.43. The molecular weight excluding hydrogens is 264 g/mol. The van der Waals surface area contributed by atoms with Crippen LogP contribution in [-0.4, -0.2) is 22.7 Å². The lowest BCUT2D eigenvalue weighted by atomic mass is 10.1. The van der Waals surface area contributed by atoms with Gasteiger partial charge in [-0.2, -0.15) is 11.3 Å². The first kappa shape index (κ1) is 13.7. The third-order valence-electron chi connectivity index (χ3n) is 2.75. The van der Waals surface area contributed by atoms with Gasteiger partial charge in [-0.15, -0.1) is 11.3 Å². The van der Waals surface area contributed by atoms with Gasteiger partial charge in [-0.1, -0.05) is 13.8 Å². The van der Waals surface area contributed by atoms with Crippen molar-refractivity contribution < 1.29 is 5.11 Å². The molecule has 0 saturated carbocycles. The summed E-state index contributed by atoms with van der Waals surface area (Å²) in [5.74, 6) is 0.286. The van der Waals surface area contributed by atoms with Crippen LogP contribution >= 0.6 is 22.7 Å². The predicted octanol–water partition coefficient (Wildman–Crippen LogP) is 2.98. The number of nitrogens with one attached hydrogen (secondary N) is 1. The van der Waals surface area contributed by atoms with Crippen molar-refractivity contribution in [3.8, 4) is 10.6 Å². The maximum atomic E-state index is 9.68. The van der Waals surface area contributed by atoms with Crippen molar-refractivity contribution in [3.05, 3.63) is 27.9 Å². The van der Waals surface area contributed by atoms with Gasteiger partial charge in [-0.05, 0) is 17.4 Å². The number of thiazole rings is 1. The van der Waals surface area contributed by atoms with E-state index in [0.29, 0.717) is 13.1 Å². The quantitative estimate of drug-likeness (QED) is 0.856. The molecule has 0 aliphatic carbocycles. The van der Waals surface area contributed by atoms with Crippen LogP contribution in [0.4, 0.5) is 0 Å². The molecule has 0 saturated heterocycles. The van der Waals surface area contributed by atoms with E-state index in [1.54, 1.807) is 22.7 Å². The fourth-order valence-electron chi connectivity index (χ4n) is 1.49. The second-order valence-corrected chi connectivity index (χ2v) is 6.24. The Morgan fingerprint density at radius 1 is 1.39 bits per heavy atom. The van der Waals surface area contributed by atoms with Gasteiger partial charge in [0.05, 0.1) is 11.8 Å². The Morgan fingerprint density at radius 2 is 2.22 bits per heavy atom. The van der Waals surface area contributed by atoms with Crippen LogP contribution in [0.3, 0.4) is 0 Å². The molecule has 0 aliphatic heterocycles. The maximum absolute atomic E-state index is 9.68. The van der Waals surface area contributed by atoms with Crippen molar-refractivity contribution in [1.82, 2.24) is 10.3 Å². The molecule has 2 aromatic heterocycles. The highest BCUT2D eigenvalue weighted by molar-refractivity contribution is 7.14. The van der Waals surface area contributed by atoms with Crippen LogP contribution in [0.5, 0.6) is 0 Å². The Hall–Kier alpha value is -0.750. The lowest BCUT2D eigenvalue weighted by Crippen LogP contribution is -2.30. The van der Waals surface area contributed by atoms with Crippen LogP contribution in [0.25, 0.3) is 10.6 Å². The standard InChI is InChI=1S/C13H18N2OS2/c1-9(2)12(16)6-14-5-11-8-18-13(15-11)10-3-4-17-7-10/h3-4,7-9,12,14,16H,5-6H2,1-2H3. The van der Waals surface area contributed by atoms with Crippen LogP contribution < -0.4 is 5.32 Å². The first-order valence-corrected chi connectivity index (χ1v) is 7.85. The summed E-state index contributed by atoms with van der Waals surface area (Å²) in [4.78, 5) is 4.58. The van der Waals surface area contributed by atoms with E-state index in [1.165, 1.54) is 5.56 Å². The fraction of sp³-hybridized carbons (Fsp3) is 0.462. The highest BCUT2D eigenvalue weighted by atomic mass is 32.1. The molecule has 1 unspecified atom stereocenters. The van der Waals surface area contributed by atoms with Crippen LogP contribution in [0, 0.1) is 5.92 Å². The van der Waals surface area contributed by atoms with Crippen molar-refractivity contribution in [1.29, 1.82) is 0 Å². The SMILES string of the molecule is CC(C)C(O)CNCc1csc(-c2ccsc2)n1.